The van der Waals surface area contributed by atoms with Gasteiger partial charge in [-0.15, -0.1) is 0 Å². The first-order chi connectivity index (χ1) is 7.68. The number of rotatable bonds is 2. The molecule has 0 amide bonds. The maximum atomic E-state index is 11.4. The molecule has 1 aromatic carbocycles. The van der Waals surface area contributed by atoms with Gasteiger partial charge < -0.3 is 4.98 Å². The second-order valence-electron chi connectivity index (χ2n) is 4.17. The van der Waals surface area contributed by atoms with Gasteiger partial charge in [-0.3, -0.25) is 4.79 Å². The molecule has 0 saturated heterocycles. The third-order valence-corrected chi connectivity index (χ3v) is 2.64. The van der Waals surface area contributed by atoms with Crippen molar-refractivity contribution in [2.75, 3.05) is 0 Å². The molecule has 1 aromatic heterocycles. The van der Waals surface area contributed by atoms with Crippen LogP contribution in [-0.2, 0) is 0 Å². The molecule has 82 valence electrons. The molecular weight excluding hydrogens is 198 g/mol. The van der Waals surface area contributed by atoms with Crippen molar-refractivity contribution in [1.82, 2.24) is 4.98 Å². The van der Waals surface area contributed by atoms with E-state index in [9.17, 15) is 4.79 Å². The van der Waals surface area contributed by atoms with E-state index in [4.69, 9.17) is 0 Å². The normalized spacial score (nSPS) is 10.7. The number of hydrogen-bond acceptors (Lipinski definition) is 1. The molecule has 0 unspecified atom stereocenters. The van der Waals surface area contributed by atoms with E-state index in [-0.39, 0.29) is 5.56 Å². The second-order valence-corrected chi connectivity index (χ2v) is 4.17. The lowest BCUT2D eigenvalue weighted by Crippen LogP contribution is -2.08. The van der Waals surface area contributed by atoms with E-state index in [0.29, 0.717) is 5.92 Å². The summed E-state index contributed by atoms with van der Waals surface area (Å²) in [6.07, 6.45) is 0. The number of pyridine rings is 1. The predicted molar refractivity (Wildman–Crippen MR) is 66.6 cm³/mol. The summed E-state index contributed by atoms with van der Waals surface area (Å²) in [6, 6.07) is 13.4. The van der Waals surface area contributed by atoms with Crippen LogP contribution in [0.4, 0.5) is 0 Å². The van der Waals surface area contributed by atoms with E-state index in [2.05, 4.69) is 18.8 Å². The third kappa shape index (κ3) is 2.06. The van der Waals surface area contributed by atoms with Crippen LogP contribution < -0.4 is 5.56 Å². The van der Waals surface area contributed by atoms with Crippen LogP contribution in [0, 0.1) is 0 Å². The number of hydrogen-bond donors (Lipinski definition) is 1. The van der Waals surface area contributed by atoms with Crippen LogP contribution >= 0.6 is 0 Å². The van der Waals surface area contributed by atoms with Gasteiger partial charge in [0.2, 0.25) is 5.56 Å². The van der Waals surface area contributed by atoms with Gasteiger partial charge in [-0.2, -0.15) is 0 Å². The van der Waals surface area contributed by atoms with Crippen molar-refractivity contribution in [2.24, 2.45) is 0 Å². The van der Waals surface area contributed by atoms with Crippen molar-refractivity contribution < 1.29 is 0 Å². The lowest BCUT2D eigenvalue weighted by Gasteiger charge is -2.11. The minimum atomic E-state index is -0.0525. The van der Waals surface area contributed by atoms with Gasteiger partial charge in [-0.05, 0) is 17.0 Å². The van der Waals surface area contributed by atoms with Crippen LogP contribution in [-0.4, -0.2) is 4.98 Å². The second kappa shape index (κ2) is 4.35. The molecule has 0 atom stereocenters. The predicted octanol–water partition coefficient (Wildman–Crippen LogP) is 3.17. The summed E-state index contributed by atoms with van der Waals surface area (Å²) in [6.45, 7) is 4.25. The van der Waals surface area contributed by atoms with Crippen molar-refractivity contribution >= 4 is 0 Å². The maximum Gasteiger partial charge on any atom is 0.248 e. The average molecular weight is 213 g/mol. The molecule has 1 heterocycles. The summed E-state index contributed by atoms with van der Waals surface area (Å²) in [4.78, 5) is 14.3. The number of aromatic amines is 1. The zero-order valence-corrected chi connectivity index (χ0v) is 9.53. The first kappa shape index (κ1) is 10.7. The summed E-state index contributed by atoms with van der Waals surface area (Å²) >= 11 is 0. The molecule has 0 spiro atoms. The fourth-order valence-corrected chi connectivity index (χ4v) is 1.81. The van der Waals surface area contributed by atoms with Crippen LogP contribution in [0.2, 0.25) is 0 Å². The first-order valence-electron chi connectivity index (χ1n) is 5.47. The smallest absolute Gasteiger partial charge is 0.248 e. The summed E-state index contributed by atoms with van der Waals surface area (Å²) in [5, 5.41) is 0. The minimum Gasteiger partial charge on any atom is -0.322 e. The lowest BCUT2D eigenvalue weighted by atomic mass is 9.97. The number of aromatic nitrogens is 1. The number of benzene rings is 1. The molecule has 0 bridgehead atoms. The SMILES string of the molecule is CC(C)c1ccc(=O)[nH]c1-c1ccccc1. The zero-order valence-electron chi connectivity index (χ0n) is 9.53. The molecule has 0 radical (unpaired) electrons. The summed E-state index contributed by atoms with van der Waals surface area (Å²) in [5.74, 6) is 0.395. The molecule has 0 fully saturated rings. The zero-order chi connectivity index (χ0) is 11.5. The van der Waals surface area contributed by atoms with Crippen molar-refractivity contribution in [3.63, 3.8) is 0 Å². The highest BCUT2D eigenvalue weighted by Gasteiger charge is 2.08. The quantitative estimate of drug-likeness (QED) is 0.816. The Labute approximate surface area is 95.0 Å². The van der Waals surface area contributed by atoms with E-state index >= 15 is 0 Å². The number of H-pyrrole nitrogens is 1. The Morgan fingerprint density at radius 2 is 1.69 bits per heavy atom. The molecule has 1 N–H and O–H groups in total. The Bertz CT molecular complexity index is 526. The fraction of sp³-hybridized carbons (Fsp3) is 0.214. The highest BCUT2D eigenvalue weighted by Crippen LogP contribution is 2.25. The standard InChI is InChI=1S/C14H15NO/c1-10(2)12-8-9-13(16)15-14(12)11-6-4-3-5-7-11/h3-10H,1-2H3,(H,15,16). The Morgan fingerprint density at radius 3 is 2.31 bits per heavy atom. The van der Waals surface area contributed by atoms with Gasteiger partial charge in [0.1, 0.15) is 0 Å². The molecule has 0 aliphatic carbocycles. The van der Waals surface area contributed by atoms with Gasteiger partial charge >= 0.3 is 0 Å². The Hall–Kier alpha value is -1.83. The highest BCUT2D eigenvalue weighted by molar-refractivity contribution is 5.63. The van der Waals surface area contributed by atoms with Gasteiger partial charge in [-0.1, -0.05) is 50.2 Å². The van der Waals surface area contributed by atoms with E-state index in [0.717, 1.165) is 11.3 Å². The van der Waals surface area contributed by atoms with E-state index in [1.165, 1.54) is 5.56 Å². The molecule has 2 rings (SSSR count). The summed E-state index contributed by atoms with van der Waals surface area (Å²) in [7, 11) is 0. The molecular formula is C14H15NO. The van der Waals surface area contributed by atoms with Gasteiger partial charge in [0.15, 0.2) is 0 Å². The largest absolute Gasteiger partial charge is 0.322 e. The van der Waals surface area contributed by atoms with Crippen molar-refractivity contribution in [1.29, 1.82) is 0 Å². The molecule has 2 heteroatoms. The summed E-state index contributed by atoms with van der Waals surface area (Å²) < 4.78 is 0. The van der Waals surface area contributed by atoms with Crippen LogP contribution in [0.25, 0.3) is 11.3 Å². The van der Waals surface area contributed by atoms with E-state index in [1.807, 2.05) is 36.4 Å². The maximum absolute atomic E-state index is 11.4. The number of nitrogens with one attached hydrogen (secondary N) is 1. The lowest BCUT2D eigenvalue weighted by molar-refractivity contribution is 0.859. The van der Waals surface area contributed by atoms with Crippen LogP contribution in [0.5, 0.6) is 0 Å². The fourth-order valence-electron chi connectivity index (χ4n) is 1.81. The minimum absolute atomic E-state index is 0.0525. The van der Waals surface area contributed by atoms with Crippen LogP contribution in [0.3, 0.4) is 0 Å². The van der Waals surface area contributed by atoms with Gasteiger partial charge in [0, 0.05) is 6.07 Å². The molecule has 0 saturated carbocycles. The van der Waals surface area contributed by atoms with Gasteiger partial charge in [-0.25, -0.2) is 0 Å². The topological polar surface area (TPSA) is 32.9 Å². The average Bonchev–Trinajstić information content (AvgIpc) is 2.29. The van der Waals surface area contributed by atoms with E-state index < -0.39 is 0 Å². The Kier molecular flexibility index (Phi) is 2.91. The molecule has 0 aliphatic heterocycles. The van der Waals surface area contributed by atoms with Crippen LogP contribution in [0.1, 0.15) is 25.3 Å². The Morgan fingerprint density at radius 1 is 1.00 bits per heavy atom. The van der Waals surface area contributed by atoms with Gasteiger partial charge in [0.25, 0.3) is 0 Å². The van der Waals surface area contributed by atoms with E-state index in [1.54, 1.807) is 6.07 Å². The monoisotopic (exact) mass is 213 g/mol. The van der Waals surface area contributed by atoms with Crippen molar-refractivity contribution in [3.05, 3.63) is 58.4 Å². The summed E-state index contributed by atoms with van der Waals surface area (Å²) in [5.41, 5.74) is 3.11. The first-order valence-corrected chi connectivity index (χ1v) is 5.47. The van der Waals surface area contributed by atoms with Gasteiger partial charge in [0.05, 0.1) is 5.69 Å². The van der Waals surface area contributed by atoms with Crippen molar-refractivity contribution in [2.45, 2.75) is 19.8 Å². The molecule has 2 nitrogen and oxygen atoms in total. The van der Waals surface area contributed by atoms with Crippen molar-refractivity contribution in [3.8, 4) is 11.3 Å². The molecule has 0 aliphatic rings. The molecule has 16 heavy (non-hydrogen) atoms. The highest BCUT2D eigenvalue weighted by atomic mass is 16.1. The van der Waals surface area contributed by atoms with Crippen LogP contribution in [0.15, 0.2) is 47.3 Å². The third-order valence-electron chi connectivity index (χ3n) is 2.64. The Balaban J connectivity index is 2.63. The molecule has 2 aromatic rings.